The highest BCUT2D eigenvalue weighted by Gasteiger charge is 2.24. The summed E-state index contributed by atoms with van der Waals surface area (Å²) in [6, 6.07) is 0. The summed E-state index contributed by atoms with van der Waals surface area (Å²) in [5, 5.41) is 10.00. The van der Waals surface area contributed by atoms with Gasteiger partial charge in [-0.05, 0) is 27.2 Å². The van der Waals surface area contributed by atoms with Gasteiger partial charge in [0.1, 0.15) is 11.5 Å². The van der Waals surface area contributed by atoms with Crippen LogP contribution in [0, 0.1) is 0 Å². The largest absolute Gasteiger partial charge is 0.389 e. The number of aliphatic hydroxyl groups is 1. The lowest BCUT2D eigenvalue weighted by Crippen LogP contribution is -2.46. The minimum absolute atomic E-state index is 0.163. The van der Waals surface area contributed by atoms with Crippen LogP contribution >= 0.6 is 0 Å². The molecule has 0 saturated carbocycles. The smallest absolute Gasteiger partial charge is 0.332 e. The number of nitrogen functional groups attached to an aromatic ring is 1. The van der Waals surface area contributed by atoms with Gasteiger partial charge in [-0.3, -0.25) is 13.9 Å². The average molecular weight is 298 g/mol. The van der Waals surface area contributed by atoms with Crippen molar-refractivity contribution in [3.63, 3.8) is 0 Å². The number of hydrogen-bond acceptors (Lipinski definition) is 5. The molecule has 0 bridgehead atoms. The molecular weight excluding hydrogens is 272 g/mol. The second-order valence-corrected chi connectivity index (χ2v) is 5.86. The fourth-order valence-electron chi connectivity index (χ4n) is 2.32. The summed E-state index contributed by atoms with van der Waals surface area (Å²) >= 11 is 0. The maximum atomic E-state index is 12.4. The van der Waals surface area contributed by atoms with Crippen LogP contribution in [-0.4, -0.2) is 32.9 Å². The van der Waals surface area contributed by atoms with Crippen LogP contribution in [0.5, 0.6) is 0 Å². The molecular formula is C14H26N4O3. The van der Waals surface area contributed by atoms with E-state index < -0.39 is 16.9 Å². The monoisotopic (exact) mass is 298 g/mol. The first-order chi connectivity index (χ1) is 9.64. The molecule has 0 unspecified atom stereocenters. The maximum Gasteiger partial charge on any atom is 0.332 e. The Balaban J connectivity index is 3.54. The third-order valence-corrected chi connectivity index (χ3v) is 3.28. The predicted octanol–water partition coefficient (Wildman–Crippen LogP) is 0.136. The minimum Gasteiger partial charge on any atom is -0.389 e. The van der Waals surface area contributed by atoms with Crippen molar-refractivity contribution in [1.29, 1.82) is 0 Å². The maximum absolute atomic E-state index is 12.4. The van der Waals surface area contributed by atoms with Gasteiger partial charge in [0.25, 0.3) is 5.56 Å². The van der Waals surface area contributed by atoms with Crippen molar-refractivity contribution < 1.29 is 5.11 Å². The van der Waals surface area contributed by atoms with E-state index >= 15 is 0 Å². The normalized spacial score (nSPS) is 11.7. The highest BCUT2D eigenvalue weighted by atomic mass is 16.3. The molecule has 1 aromatic rings. The summed E-state index contributed by atoms with van der Waals surface area (Å²) in [6.45, 7) is 8.36. The molecule has 1 heterocycles. The van der Waals surface area contributed by atoms with E-state index in [2.05, 4.69) is 0 Å². The Kier molecular flexibility index (Phi) is 5.22. The Labute approximate surface area is 124 Å². The van der Waals surface area contributed by atoms with E-state index in [4.69, 9.17) is 5.73 Å². The quantitative estimate of drug-likeness (QED) is 0.779. The van der Waals surface area contributed by atoms with Gasteiger partial charge in [0.2, 0.25) is 0 Å². The molecule has 0 aliphatic carbocycles. The zero-order valence-electron chi connectivity index (χ0n) is 13.5. The summed E-state index contributed by atoms with van der Waals surface area (Å²) in [6.07, 6.45) is 0.735. The van der Waals surface area contributed by atoms with Gasteiger partial charge in [-0.1, -0.05) is 6.92 Å². The Morgan fingerprint density at radius 1 is 1.29 bits per heavy atom. The van der Waals surface area contributed by atoms with E-state index in [1.165, 1.54) is 11.6 Å². The Hall–Kier alpha value is -1.76. The van der Waals surface area contributed by atoms with E-state index in [1.54, 1.807) is 18.7 Å². The summed E-state index contributed by atoms with van der Waals surface area (Å²) in [4.78, 5) is 26.2. The zero-order valence-corrected chi connectivity index (χ0v) is 13.5. The van der Waals surface area contributed by atoms with Gasteiger partial charge in [0.15, 0.2) is 0 Å². The molecule has 0 radical (unpaired) electrons. The number of aromatic nitrogens is 2. The SMILES string of the molecule is CCCn1c(N)c(N(CC)CC(C)(C)O)c(=O)n(C)c1=O. The molecule has 1 rings (SSSR count). The molecule has 0 aliphatic rings. The standard InChI is InChI=1S/C14H26N4O3/c1-6-8-18-11(15)10(12(19)16(5)13(18)20)17(7-2)9-14(3,4)21/h21H,6-9,15H2,1-5H3. The molecule has 1 aromatic heterocycles. The van der Waals surface area contributed by atoms with Crippen LogP contribution in [0.25, 0.3) is 0 Å². The zero-order chi connectivity index (χ0) is 16.4. The second kappa shape index (κ2) is 6.34. The van der Waals surface area contributed by atoms with Gasteiger partial charge in [-0.2, -0.15) is 0 Å². The van der Waals surface area contributed by atoms with E-state index in [0.29, 0.717) is 13.1 Å². The first-order valence-electron chi connectivity index (χ1n) is 7.20. The van der Waals surface area contributed by atoms with Crippen molar-refractivity contribution in [3.05, 3.63) is 20.8 Å². The predicted molar refractivity (Wildman–Crippen MR) is 84.8 cm³/mol. The average Bonchev–Trinajstić information content (AvgIpc) is 2.39. The first-order valence-corrected chi connectivity index (χ1v) is 7.20. The highest BCUT2D eigenvalue weighted by Crippen LogP contribution is 2.19. The number of likely N-dealkylation sites (N-methyl/N-ethyl adjacent to an activating group) is 1. The highest BCUT2D eigenvalue weighted by molar-refractivity contribution is 5.62. The molecule has 0 saturated heterocycles. The molecule has 7 nitrogen and oxygen atoms in total. The van der Waals surface area contributed by atoms with Crippen molar-refractivity contribution >= 4 is 11.5 Å². The van der Waals surface area contributed by atoms with Crippen molar-refractivity contribution in [3.8, 4) is 0 Å². The Morgan fingerprint density at radius 3 is 2.29 bits per heavy atom. The van der Waals surface area contributed by atoms with Gasteiger partial charge >= 0.3 is 5.69 Å². The lowest BCUT2D eigenvalue weighted by Gasteiger charge is -2.30. The molecule has 0 aromatic carbocycles. The summed E-state index contributed by atoms with van der Waals surface area (Å²) in [5.74, 6) is 0.163. The van der Waals surface area contributed by atoms with E-state index in [-0.39, 0.29) is 18.1 Å². The third-order valence-electron chi connectivity index (χ3n) is 3.28. The summed E-state index contributed by atoms with van der Waals surface area (Å²) in [5.41, 5.74) is 4.51. The van der Waals surface area contributed by atoms with E-state index in [9.17, 15) is 14.7 Å². The van der Waals surface area contributed by atoms with Crippen molar-refractivity contribution in [1.82, 2.24) is 9.13 Å². The topological polar surface area (TPSA) is 93.5 Å². The van der Waals surface area contributed by atoms with E-state index in [1.807, 2.05) is 13.8 Å². The van der Waals surface area contributed by atoms with Gasteiger partial charge in [0, 0.05) is 26.7 Å². The summed E-state index contributed by atoms with van der Waals surface area (Å²) < 4.78 is 2.47. The van der Waals surface area contributed by atoms with Gasteiger partial charge < -0.3 is 15.7 Å². The van der Waals surface area contributed by atoms with Crippen molar-refractivity contribution in [2.24, 2.45) is 7.05 Å². The number of anilines is 2. The second-order valence-electron chi connectivity index (χ2n) is 5.86. The molecule has 120 valence electrons. The summed E-state index contributed by atoms with van der Waals surface area (Å²) in [7, 11) is 1.44. The van der Waals surface area contributed by atoms with Gasteiger partial charge in [-0.15, -0.1) is 0 Å². The van der Waals surface area contributed by atoms with Gasteiger partial charge in [0.05, 0.1) is 5.60 Å². The van der Waals surface area contributed by atoms with Crippen LogP contribution in [0.1, 0.15) is 34.1 Å². The van der Waals surface area contributed by atoms with Crippen LogP contribution in [0.2, 0.25) is 0 Å². The Morgan fingerprint density at radius 2 is 1.86 bits per heavy atom. The number of nitrogens with zero attached hydrogens (tertiary/aromatic N) is 3. The number of hydrogen-bond donors (Lipinski definition) is 2. The van der Waals surface area contributed by atoms with Crippen LogP contribution in [0.15, 0.2) is 9.59 Å². The van der Waals surface area contributed by atoms with Crippen molar-refractivity contribution in [2.75, 3.05) is 23.7 Å². The molecule has 0 aliphatic heterocycles. The van der Waals surface area contributed by atoms with Crippen molar-refractivity contribution in [2.45, 2.75) is 46.3 Å². The third kappa shape index (κ3) is 3.66. The van der Waals surface area contributed by atoms with Crippen LogP contribution in [0.4, 0.5) is 11.5 Å². The first kappa shape index (κ1) is 17.3. The van der Waals surface area contributed by atoms with Crippen LogP contribution in [0.3, 0.4) is 0 Å². The molecule has 0 spiro atoms. The van der Waals surface area contributed by atoms with Crippen LogP contribution < -0.4 is 21.9 Å². The molecule has 0 amide bonds. The van der Waals surface area contributed by atoms with Gasteiger partial charge in [-0.25, -0.2) is 4.79 Å². The molecule has 7 heteroatoms. The molecule has 0 fully saturated rings. The molecule has 0 atom stereocenters. The number of nitrogens with two attached hydrogens (primary N) is 1. The molecule has 21 heavy (non-hydrogen) atoms. The fourth-order valence-corrected chi connectivity index (χ4v) is 2.32. The fraction of sp³-hybridized carbons (Fsp3) is 0.714. The lowest BCUT2D eigenvalue weighted by atomic mass is 10.1. The molecule has 3 N–H and O–H groups in total. The van der Waals surface area contributed by atoms with Crippen LogP contribution in [-0.2, 0) is 13.6 Å². The minimum atomic E-state index is -0.973. The Bertz CT molecular complexity index is 610. The lowest BCUT2D eigenvalue weighted by molar-refractivity contribution is 0.0875. The number of rotatable bonds is 6. The van der Waals surface area contributed by atoms with E-state index in [0.717, 1.165) is 11.0 Å².